The largest absolute Gasteiger partial charge is 0.481 e. The molecule has 4 heteroatoms. The van der Waals surface area contributed by atoms with Crippen molar-refractivity contribution in [1.82, 2.24) is 0 Å². The Balaban J connectivity index is 2.19. The zero-order valence-electron chi connectivity index (χ0n) is 12.5. The number of carboxylic acids is 1. The molecule has 1 saturated carbocycles. The van der Waals surface area contributed by atoms with E-state index in [0.29, 0.717) is 34.7 Å². The Labute approximate surface area is 133 Å². The van der Waals surface area contributed by atoms with Gasteiger partial charge < -0.3 is 5.11 Å². The van der Waals surface area contributed by atoms with Gasteiger partial charge in [0.25, 0.3) is 0 Å². The van der Waals surface area contributed by atoms with Crippen molar-refractivity contribution in [3.8, 4) is 0 Å². The highest BCUT2D eigenvalue weighted by atomic mass is 79.9. The number of hydrogen-bond acceptors (Lipinski definition) is 1. The van der Waals surface area contributed by atoms with E-state index in [-0.39, 0.29) is 12.2 Å². The van der Waals surface area contributed by atoms with Crippen LogP contribution in [0.3, 0.4) is 0 Å². The van der Waals surface area contributed by atoms with Crippen LogP contribution in [0, 0.1) is 23.1 Å². The van der Waals surface area contributed by atoms with E-state index in [2.05, 4.69) is 29.8 Å². The summed E-state index contributed by atoms with van der Waals surface area (Å²) in [5.74, 6) is 0.0662. The van der Waals surface area contributed by atoms with E-state index < -0.39 is 11.4 Å². The molecule has 1 fully saturated rings. The summed E-state index contributed by atoms with van der Waals surface area (Å²) in [6.07, 6.45) is 3.40. The molecule has 0 atom stereocenters. The molecule has 0 amide bonds. The Bertz CT molecular complexity index is 520. The van der Waals surface area contributed by atoms with E-state index in [4.69, 9.17) is 0 Å². The van der Waals surface area contributed by atoms with E-state index >= 15 is 0 Å². The fourth-order valence-corrected chi connectivity index (χ4v) is 3.69. The van der Waals surface area contributed by atoms with Crippen LogP contribution >= 0.6 is 15.9 Å². The highest BCUT2D eigenvalue weighted by Gasteiger charge is 2.42. The van der Waals surface area contributed by atoms with Gasteiger partial charge in [0.05, 0.1) is 5.41 Å². The predicted molar refractivity (Wildman–Crippen MR) is 84.7 cm³/mol. The molecule has 0 saturated heterocycles. The van der Waals surface area contributed by atoms with Crippen LogP contribution in [-0.4, -0.2) is 11.1 Å². The number of hydrogen-bond donors (Lipinski definition) is 1. The first-order chi connectivity index (χ1) is 9.84. The van der Waals surface area contributed by atoms with Crippen molar-refractivity contribution in [2.45, 2.75) is 46.0 Å². The highest BCUT2D eigenvalue weighted by molar-refractivity contribution is 9.10. The number of rotatable bonds is 4. The Hall–Kier alpha value is -0.900. The van der Waals surface area contributed by atoms with Gasteiger partial charge in [0, 0.05) is 4.47 Å². The number of carboxylic acid groups (broad SMARTS) is 1. The molecule has 1 N–H and O–H groups in total. The van der Waals surface area contributed by atoms with Gasteiger partial charge in [-0.05, 0) is 61.6 Å². The summed E-state index contributed by atoms with van der Waals surface area (Å²) in [5.41, 5.74) is -0.302. The Kier molecular flexibility index (Phi) is 5.07. The zero-order valence-corrected chi connectivity index (χ0v) is 14.1. The quantitative estimate of drug-likeness (QED) is 0.819. The number of carbonyl (C=O) groups is 1. The molecule has 0 aliphatic heterocycles. The monoisotopic (exact) mass is 356 g/mol. The molecule has 0 spiro atoms. The summed E-state index contributed by atoms with van der Waals surface area (Å²) in [6.45, 7) is 4.37. The third-order valence-corrected chi connectivity index (χ3v) is 5.42. The van der Waals surface area contributed by atoms with Gasteiger partial charge in [-0.2, -0.15) is 0 Å². The van der Waals surface area contributed by atoms with Gasteiger partial charge in [-0.3, -0.25) is 4.79 Å². The first-order valence-electron chi connectivity index (χ1n) is 7.51. The molecule has 0 unspecified atom stereocenters. The number of aliphatic carboxylic acids is 1. The SMILES string of the molecule is CC(C)C1CCC(Cc2ccc(Br)cc2F)(C(=O)O)CC1. The van der Waals surface area contributed by atoms with E-state index in [9.17, 15) is 14.3 Å². The maximum atomic E-state index is 14.0. The lowest BCUT2D eigenvalue weighted by Crippen LogP contribution is -2.38. The van der Waals surface area contributed by atoms with E-state index in [1.165, 1.54) is 6.07 Å². The molecule has 116 valence electrons. The minimum atomic E-state index is -0.805. The van der Waals surface area contributed by atoms with Crippen molar-refractivity contribution >= 4 is 21.9 Å². The van der Waals surface area contributed by atoms with Crippen molar-refractivity contribution in [3.63, 3.8) is 0 Å². The molecule has 2 nitrogen and oxygen atoms in total. The average molecular weight is 357 g/mol. The van der Waals surface area contributed by atoms with Crippen LogP contribution in [0.25, 0.3) is 0 Å². The summed E-state index contributed by atoms with van der Waals surface area (Å²) < 4.78 is 14.7. The minimum absolute atomic E-state index is 0.284. The molecule has 0 aromatic heterocycles. The van der Waals surface area contributed by atoms with Gasteiger partial charge >= 0.3 is 5.97 Å². The van der Waals surface area contributed by atoms with Crippen LogP contribution in [0.4, 0.5) is 4.39 Å². The van der Waals surface area contributed by atoms with E-state index in [1.54, 1.807) is 12.1 Å². The Morgan fingerprint density at radius 3 is 2.52 bits per heavy atom. The third kappa shape index (κ3) is 3.65. The van der Waals surface area contributed by atoms with Crippen LogP contribution in [0.5, 0.6) is 0 Å². The van der Waals surface area contributed by atoms with Gasteiger partial charge in [-0.1, -0.05) is 35.8 Å². The molecular weight excluding hydrogens is 335 g/mol. The smallest absolute Gasteiger partial charge is 0.309 e. The average Bonchev–Trinajstić information content (AvgIpc) is 2.42. The molecule has 1 aromatic carbocycles. The fourth-order valence-electron chi connectivity index (χ4n) is 3.36. The molecule has 1 aromatic rings. The van der Waals surface area contributed by atoms with Crippen molar-refractivity contribution in [2.24, 2.45) is 17.3 Å². The summed E-state index contributed by atoms with van der Waals surface area (Å²) in [5, 5.41) is 9.69. The van der Waals surface area contributed by atoms with Gasteiger partial charge in [-0.25, -0.2) is 4.39 Å². The topological polar surface area (TPSA) is 37.3 Å². The molecule has 1 aliphatic rings. The van der Waals surface area contributed by atoms with Crippen LogP contribution in [-0.2, 0) is 11.2 Å². The number of benzene rings is 1. The predicted octanol–water partition coefficient (Wildman–Crippen LogP) is 5.05. The van der Waals surface area contributed by atoms with Crippen LogP contribution < -0.4 is 0 Å². The normalized spacial score (nSPS) is 26.0. The Morgan fingerprint density at radius 2 is 2.05 bits per heavy atom. The number of halogens is 2. The van der Waals surface area contributed by atoms with Gasteiger partial charge in [0.2, 0.25) is 0 Å². The second-order valence-electron chi connectivity index (χ2n) is 6.58. The zero-order chi connectivity index (χ0) is 15.6. The van der Waals surface area contributed by atoms with Gasteiger partial charge in [-0.15, -0.1) is 0 Å². The lowest BCUT2D eigenvalue weighted by atomic mass is 9.65. The van der Waals surface area contributed by atoms with Crippen molar-refractivity contribution in [2.75, 3.05) is 0 Å². The van der Waals surface area contributed by atoms with Crippen LogP contribution in [0.1, 0.15) is 45.1 Å². The highest BCUT2D eigenvalue weighted by Crippen LogP contribution is 2.44. The van der Waals surface area contributed by atoms with Crippen molar-refractivity contribution < 1.29 is 14.3 Å². The summed E-state index contributed by atoms with van der Waals surface area (Å²) in [7, 11) is 0. The maximum absolute atomic E-state index is 14.0. The fraction of sp³-hybridized carbons (Fsp3) is 0.588. The van der Waals surface area contributed by atoms with Gasteiger partial charge in [0.15, 0.2) is 0 Å². The second-order valence-corrected chi connectivity index (χ2v) is 7.50. The molecule has 21 heavy (non-hydrogen) atoms. The summed E-state index contributed by atoms with van der Waals surface area (Å²) >= 11 is 3.23. The first-order valence-corrected chi connectivity index (χ1v) is 8.31. The lowest BCUT2D eigenvalue weighted by Gasteiger charge is -2.38. The molecule has 0 bridgehead atoms. The van der Waals surface area contributed by atoms with Gasteiger partial charge in [0.1, 0.15) is 5.82 Å². The summed E-state index contributed by atoms with van der Waals surface area (Å²) in [6, 6.07) is 4.87. The molecule has 0 heterocycles. The second kappa shape index (κ2) is 6.47. The third-order valence-electron chi connectivity index (χ3n) is 4.93. The van der Waals surface area contributed by atoms with Crippen LogP contribution in [0.15, 0.2) is 22.7 Å². The first kappa shape index (κ1) is 16.5. The van der Waals surface area contributed by atoms with Crippen LogP contribution in [0.2, 0.25) is 0 Å². The standard InChI is InChI=1S/C17H22BrFO2/c1-11(2)12-5-7-17(8-6-12,16(20)21)10-13-3-4-14(18)9-15(13)19/h3-4,9,11-12H,5-8,10H2,1-2H3,(H,20,21). The van der Waals surface area contributed by atoms with Crippen molar-refractivity contribution in [1.29, 1.82) is 0 Å². The van der Waals surface area contributed by atoms with E-state index in [1.807, 2.05) is 0 Å². The molecule has 1 aliphatic carbocycles. The molecule has 0 radical (unpaired) electrons. The van der Waals surface area contributed by atoms with E-state index in [0.717, 1.165) is 12.8 Å². The minimum Gasteiger partial charge on any atom is -0.481 e. The van der Waals surface area contributed by atoms with Crippen molar-refractivity contribution in [3.05, 3.63) is 34.1 Å². The Morgan fingerprint density at radius 1 is 1.43 bits per heavy atom. The maximum Gasteiger partial charge on any atom is 0.309 e. The molecular formula is C17H22BrFO2. The lowest BCUT2D eigenvalue weighted by molar-refractivity contribution is -0.152. The summed E-state index contributed by atoms with van der Waals surface area (Å²) in [4.78, 5) is 11.8. The molecule has 2 rings (SSSR count).